The lowest BCUT2D eigenvalue weighted by molar-refractivity contribution is -0.401. The Morgan fingerprint density at radius 3 is 1.49 bits per heavy atom. The van der Waals surface area contributed by atoms with E-state index in [2.05, 4.69) is 236 Å². The van der Waals surface area contributed by atoms with Gasteiger partial charge in [-0.05, 0) is 99.3 Å². The zero-order chi connectivity index (χ0) is 39.8. The summed E-state index contributed by atoms with van der Waals surface area (Å²) in [4.78, 5) is 2.48. The van der Waals surface area contributed by atoms with Crippen LogP contribution in [0, 0.1) is 0 Å². The maximum absolute atomic E-state index is 2.48. The van der Waals surface area contributed by atoms with E-state index >= 15 is 0 Å². The first-order valence-electron chi connectivity index (χ1n) is 21.0. The van der Waals surface area contributed by atoms with Crippen LogP contribution >= 0.6 is 0 Å². The Morgan fingerprint density at radius 1 is 0.492 bits per heavy atom. The lowest BCUT2D eigenvalue weighted by Crippen LogP contribution is -2.39. The molecule has 0 bridgehead atoms. The fourth-order valence-corrected chi connectivity index (χ4v) is 10.5. The average Bonchev–Trinajstić information content (AvgIpc) is 3.63. The van der Waals surface area contributed by atoms with Crippen LogP contribution in [0.15, 0.2) is 218 Å². The van der Waals surface area contributed by atoms with Crippen molar-refractivity contribution in [1.29, 1.82) is 0 Å². The third-order valence-electron chi connectivity index (χ3n) is 13.1. The number of benzene rings is 8. The molecule has 286 valence electrons. The highest BCUT2D eigenvalue weighted by atomic mass is 15.2. The van der Waals surface area contributed by atoms with Crippen LogP contribution < -0.4 is 4.90 Å². The summed E-state index contributed by atoms with van der Waals surface area (Å²) in [6.45, 7) is 0. The van der Waals surface area contributed by atoms with Gasteiger partial charge in [0.2, 0.25) is 5.69 Å². The number of hydrogen-bond donors (Lipinski definition) is 0. The predicted molar refractivity (Wildman–Crippen MR) is 248 cm³/mol. The molecule has 0 N–H and O–H groups in total. The summed E-state index contributed by atoms with van der Waals surface area (Å²) in [6.07, 6.45) is 10.8. The number of fused-ring (bicyclic) bond motifs is 5. The summed E-state index contributed by atoms with van der Waals surface area (Å²) < 4.78 is 2.48. The highest BCUT2D eigenvalue weighted by Gasteiger charge is 2.51. The molecule has 0 aromatic heterocycles. The molecule has 0 aliphatic carbocycles. The second-order valence-corrected chi connectivity index (χ2v) is 16.6. The molecule has 2 aliphatic heterocycles. The number of anilines is 1. The molecule has 2 heterocycles. The summed E-state index contributed by atoms with van der Waals surface area (Å²) in [5, 5.41) is 5.15. The van der Waals surface area contributed by atoms with Gasteiger partial charge in [0.15, 0.2) is 5.71 Å². The fraction of sp³-hybridized carbons (Fsp3) is 0.140. The van der Waals surface area contributed by atoms with E-state index in [-0.39, 0.29) is 10.8 Å². The first-order chi connectivity index (χ1) is 29.0. The zero-order valence-corrected chi connectivity index (χ0v) is 33.9. The molecule has 0 fully saturated rings. The highest BCUT2D eigenvalue weighted by molar-refractivity contribution is 6.08. The minimum Gasteiger partial charge on any atom is -0.347 e. The molecule has 2 nitrogen and oxygen atoms in total. The quantitative estimate of drug-likeness (QED) is 0.126. The van der Waals surface area contributed by atoms with E-state index in [0.717, 1.165) is 25.7 Å². The number of likely N-dealkylation sites (N-methyl/N-ethyl adjacent to an activating group) is 1. The van der Waals surface area contributed by atoms with Crippen molar-refractivity contribution in [2.45, 2.75) is 36.5 Å². The molecule has 0 unspecified atom stereocenters. The van der Waals surface area contributed by atoms with Crippen molar-refractivity contribution in [3.8, 4) is 0 Å². The van der Waals surface area contributed by atoms with E-state index in [9.17, 15) is 0 Å². The van der Waals surface area contributed by atoms with Gasteiger partial charge in [-0.2, -0.15) is 4.58 Å². The van der Waals surface area contributed by atoms with Crippen LogP contribution in [0.2, 0.25) is 0 Å². The topological polar surface area (TPSA) is 6.25 Å². The molecule has 10 rings (SSSR count). The Labute approximate surface area is 348 Å². The van der Waals surface area contributed by atoms with Crippen molar-refractivity contribution in [1.82, 2.24) is 0 Å². The fourth-order valence-electron chi connectivity index (χ4n) is 10.5. The van der Waals surface area contributed by atoms with E-state index in [1.165, 1.54) is 77.7 Å². The first kappa shape index (κ1) is 36.6. The maximum atomic E-state index is 2.48. The molecule has 8 aromatic rings. The van der Waals surface area contributed by atoms with Gasteiger partial charge in [0, 0.05) is 41.6 Å². The number of hydrogen-bond acceptors (Lipinski definition) is 1. The first-order valence-corrected chi connectivity index (χ1v) is 21.0. The van der Waals surface area contributed by atoms with Gasteiger partial charge in [-0.15, -0.1) is 0 Å². The Hall–Kier alpha value is -6.77. The van der Waals surface area contributed by atoms with Gasteiger partial charge in [0.1, 0.15) is 7.05 Å². The molecule has 0 atom stereocenters. The lowest BCUT2D eigenvalue weighted by Gasteiger charge is -2.34. The van der Waals surface area contributed by atoms with Crippen molar-refractivity contribution in [2.75, 3.05) is 19.0 Å². The summed E-state index contributed by atoms with van der Waals surface area (Å²) >= 11 is 0. The lowest BCUT2D eigenvalue weighted by atomic mass is 9.67. The van der Waals surface area contributed by atoms with Gasteiger partial charge in [-0.1, -0.05) is 176 Å². The van der Waals surface area contributed by atoms with Crippen molar-refractivity contribution >= 4 is 38.6 Å². The summed E-state index contributed by atoms with van der Waals surface area (Å²) in [5.74, 6) is 0. The monoisotopic (exact) mass is 761 g/mol. The predicted octanol–water partition coefficient (Wildman–Crippen LogP) is 12.8. The van der Waals surface area contributed by atoms with Crippen molar-refractivity contribution in [2.24, 2.45) is 0 Å². The number of nitrogens with zero attached hydrogens (tertiary/aromatic N) is 2. The molecule has 0 radical (unpaired) electrons. The molecule has 0 amide bonds. The second-order valence-electron chi connectivity index (χ2n) is 16.6. The number of allylic oxidation sites excluding steroid dienone is 4. The SMILES string of the molecule is CN1/C(=C/C=C/C2=[N+](C)c3ccc4ccccc4c3C2(Cc2ccccc2)Cc2ccccc2)C(Cc2ccccc2)(Cc2ccccc2)c2cc3ccccc3cc21. The average molecular weight is 762 g/mol. The van der Waals surface area contributed by atoms with E-state index in [4.69, 9.17) is 0 Å². The molecular formula is C57H49N2+. The van der Waals surface area contributed by atoms with E-state index in [1.807, 2.05) is 0 Å². The van der Waals surface area contributed by atoms with E-state index in [1.54, 1.807) is 0 Å². The van der Waals surface area contributed by atoms with Crippen LogP contribution in [-0.2, 0) is 36.5 Å². The standard InChI is InChI=1S/C57H49N2/c1-58-51-35-34-46-28-17-18-31-49(46)55(51)57(40-44-24-11-5-12-25-44,41-45-26-13-6-14-27-45)54(58)33-19-32-53-56(38-42-20-7-3-8-21-42,39-43-22-9-4-10-23-43)50-36-47-29-15-16-30-48(47)37-52(50)59(53)2/h3-37H,38-41H2,1-2H3/q+1. The molecule has 8 aromatic carbocycles. The Morgan fingerprint density at radius 2 is 0.949 bits per heavy atom. The van der Waals surface area contributed by atoms with Crippen LogP contribution in [0.5, 0.6) is 0 Å². The van der Waals surface area contributed by atoms with Crippen LogP contribution in [0.3, 0.4) is 0 Å². The van der Waals surface area contributed by atoms with Gasteiger partial charge in [0.25, 0.3) is 0 Å². The third-order valence-corrected chi connectivity index (χ3v) is 13.1. The largest absolute Gasteiger partial charge is 0.347 e. The van der Waals surface area contributed by atoms with Gasteiger partial charge in [0.05, 0.1) is 5.41 Å². The molecular weight excluding hydrogens is 713 g/mol. The Kier molecular flexibility index (Phi) is 9.42. The van der Waals surface area contributed by atoms with Crippen molar-refractivity contribution < 1.29 is 4.58 Å². The molecule has 2 heteroatoms. The summed E-state index contributed by atoms with van der Waals surface area (Å²) in [7, 11) is 4.55. The second kappa shape index (κ2) is 15.2. The van der Waals surface area contributed by atoms with Gasteiger partial charge in [-0.25, -0.2) is 0 Å². The molecule has 2 aliphatic rings. The van der Waals surface area contributed by atoms with E-state index < -0.39 is 0 Å². The highest BCUT2D eigenvalue weighted by Crippen LogP contribution is 2.53. The third kappa shape index (κ3) is 6.50. The van der Waals surface area contributed by atoms with Gasteiger partial charge in [-0.3, -0.25) is 0 Å². The summed E-state index contributed by atoms with van der Waals surface area (Å²) in [6, 6.07) is 71.7. The maximum Gasteiger partial charge on any atom is 0.210 e. The molecule has 0 spiro atoms. The van der Waals surface area contributed by atoms with Gasteiger partial charge < -0.3 is 4.90 Å². The normalized spacial score (nSPS) is 16.0. The smallest absolute Gasteiger partial charge is 0.210 e. The van der Waals surface area contributed by atoms with Crippen molar-refractivity contribution in [3.63, 3.8) is 0 Å². The Bertz CT molecular complexity index is 2800. The minimum atomic E-state index is -0.323. The Balaban J connectivity index is 1.18. The van der Waals surface area contributed by atoms with E-state index in [0.29, 0.717) is 0 Å². The van der Waals surface area contributed by atoms with Crippen molar-refractivity contribution in [3.05, 3.63) is 251 Å². The van der Waals surface area contributed by atoms with Gasteiger partial charge >= 0.3 is 0 Å². The van der Waals surface area contributed by atoms with Crippen LogP contribution in [0.4, 0.5) is 11.4 Å². The summed E-state index contributed by atoms with van der Waals surface area (Å²) in [5.41, 5.74) is 12.7. The zero-order valence-electron chi connectivity index (χ0n) is 33.9. The number of rotatable bonds is 10. The molecule has 59 heavy (non-hydrogen) atoms. The minimum absolute atomic E-state index is 0.308. The molecule has 0 saturated heterocycles. The van der Waals surface area contributed by atoms with Crippen LogP contribution in [-0.4, -0.2) is 24.4 Å². The van der Waals surface area contributed by atoms with Crippen LogP contribution in [0.25, 0.3) is 21.5 Å². The molecule has 0 saturated carbocycles. The van der Waals surface area contributed by atoms with Crippen LogP contribution in [0.1, 0.15) is 33.4 Å².